The summed E-state index contributed by atoms with van der Waals surface area (Å²) in [4.78, 5) is 2.61. The third-order valence-electron chi connectivity index (χ3n) is 5.41. The second-order valence-electron chi connectivity index (χ2n) is 6.57. The molecule has 3 unspecified atom stereocenters. The summed E-state index contributed by atoms with van der Waals surface area (Å²) >= 11 is 0. The second kappa shape index (κ2) is 6.91. The quantitative estimate of drug-likeness (QED) is 0.831. The molecule has 0 bridgehead atoms. The molecular formula is C16H31NO. The van der Waals surface area contributed by atoms with Crippen LogP contribution in [0.15, 0.2) is 0 Å². The van der Waals surface area contributed by atoms with E-state index in [9.17, 15) is 5.11 Å². The molecule has 106 valence electrons. The summed E-state index contributed by atoms with van der Waals surface area (Å²) in [5, 5.41) is 10.2. The monoisotopic (exact) mass is 253 g/mol. The van der Waals surface area contributed by atoms with Gasteiger partial charge in [0.15, 0.2) is 0 Å². The zero-order valence-corrected chi connectivity index (χ0v) is 12.3. The summed E-state index contributed by atoms with van der Waals surface area (Å²) in [6, 6.07) is 0. The van der Waals surface area contributed by atoms with Crippen molar-refractivity contribution in [1.29, 1.82) is 0 Å². The normalized spacial score (nSPS) is 35.8. The average Bonchev–Trinajstić information content (AvgIpc) is 2.42. The number of piperidine rings is 1. The molecule has 1 N–H and O–H groups in total. The van der Waals surface area contributed by atoms with E-state index >= 15 is 0 Å². The van der Waals surface area contributed by atoms with E-state index in [-0.39, 0.29) is 6.10 Å². The van der Waals surface area contributed by atoms with E-state index in [0.29, 0.717) is 5.92 Å². The molecule has 0 radical (unpaired) electrons. The standard InChI is InChI=1S/C16H31NO/c1-3-13-7-9-17(10-8-13)12-15-11-14(4-2)5-6-16(15)18/h13-16,18H,3-12H2,1-2H3. The first-order chi connectivity index (χ1) is 8.72. The van der Waals surface area contributed by atoms with Gasteiger partial charge in [0.2, 0.25) is 0 Å². The fourth-order valence-corrected chi connectivity index (χ4v) is 3.82. The van der Waals surface area contributed by atoms with Crippen molar-refractivity contribution >= 4 is 0 Å². The van der Waals surface area contributed by atoms with Crippen LogP contribution >= 0.6 is 0 Å². The maximum absolute atomic E-state index is 10.2. The van der Waals surface area contributed by atoms with Gasteiger partial charge in [-0.05, 0) is 62.9 Å². The number of hydrogen-bond acceptors (Lipinski definition) is 2. The van der Waals surface area contributed by atoms with E-state index in [4.69, 9.17) is 0 Å². The molecular weight excluding hydrogens is 222 g/mol. The molecule has 0 aromatic carbocycles. The molecule has 3 atom stereocenters. The van der Waals surface area contributed by atoms with Crippen LogP contribution in [0, 0.1) is 17.8 Å². The molecule has 0 spiro atoms. The SMILES string of the molecule is CCC1CCN(CC2CC(CC)CCC2O)CC1. The minimum absolute atomic E-state index is 0.0308. The van der Waals surface area contributed by atoms with E-state index in [1.807, 2.05) is 0 Å². The molecule has 0 aromatic rings. The Balaban J connectivity index is 1.77. The average molecular weight is 253 g/mol. The Morgan fingerprint density at radius 3 is 2.22 bits per heavy atom. The highest BCUT2D eigenvalue weighted by Gasteiger charge is 2.30. The van der Waals surface area contributed by atoms with Crippen LogP contribution in [0.3, 0.4) is 0 Å². The van der Waals surface area contributed by atoms with Crippen molar-refractivity contribution in [3.05, 3.63) is 0 Å². The van der Waals surface area contributed by atoms with Crippen molar-refractivity contribution in [3.63, 3.8) is 0 Å². The van der Waals surface area contributed by atoms with E-state index in [1.54, 1.807) is 0 Å². The Bertz CT molecular complexity index is 235. The van der Waals surface area contributed by atoms with Crippen LogP contribution < -0.4 is 0 Å². The molecule has 1 aliphatic heterocycles. The first-order valence-electron chi connectivity index (χ1n) is 8.13. The Morgan fingerprint density at radius 2 is 1.61 bits per heavy atom. The van der Waals surface area contributed by atoms with Crippen molar-refractivity contribution in [1.82, 2.24) is 4.90 Å². The lowest BCUT2D eigenvalue weighted by Crippen LogP contribution is -2.42. The molecule has 0 aromatic heterocycles. The fourth-order valence-electron chi connectivity index (χ4n) is 3.82. The minimum Gasteiger partial charge on any atom is -0.393 e. The van der Waals surface area contributed by atoms with Gasteiger partial charge in [-0.1, -0.05) is 26.7 Å². The lowest BCUT2D eigenvalue weighted by molar-refractivity contribution is 0.0202. The van der Waals surface area contributed by atoms with Gasteiger partial charge in [0.25, 0.3) is 0 Å². The first kappa shape index (κ1) is 14.3. The van der Waals surface area contributed by atoms with Crippen LogP contribution in [0.1, 0.15) is 58.8 Å². The van der Waals surface area contributed by atoms with Crippen LogP contribution in [0.2, 0.25) is 0 Å². The smallest absolute Gasteiger partial charge is 0.0580 e. The summed E-state index contributed by atoms with van der Waals surface area (Å²) in [6.45, 7) is 8.29. The largest absolute Gasteiger partial charge is 0.393 e. The minimum atomic E-state index is -0.0308. The number of likely N-dealkylation sites (tertiary alicyclic amines) is 1. The summed E-state index contributed by atoms with van der Waals surface area (Å²) in [5.74, 6) is 2.37. The number of rotatable bonds is 4. The van der Waals surface area contributed by atoms with E-state index in [1.165, 1.54) is 51.6 Å². The molecule has 2 rings (SSSR count). The van der Waals surface area contributed by atoms with Gasteiger partial charge in [-0.25, -0.2) is 0 Å². The summed E-state index contributed by atoms with van der Waals surface area (Å²) in [5.41, 5.74) is 0. The number of hydrogen-bond donors (Lipinski definition) is 1. The Morgan fingerprint density at radius 1 is 0.944 bits per heavy atom. The lowest BCUT2D eigenvalue weighted by atomic mass is 9.78. The first-order valence-corrected chi connectivity index (χ1v) is 8.13. The number of nitrogens with zero attached hydrogens (tertiary/aromatic N) is 1. The van der Waals surface area contributed by atoms with Gasteiger partial charge in [0.05, 0.1) is 6.10 Å². The molecule has 2 aliphatic rings. The molecule has 0 amide bonds. The summed E-state index contributed by atoms with van der Waals surface area (Å²) in [6.07, 6.45) is 8.88. The summed E-state index contributed by atoms with van der Waals surface area (Å²) < 4.78 is 0. The molecule has 1 saturated carbocycles. The van der Waals surface area contributed by atoms with Gasteiger partial charge in [-0.2, -0.15) is 0 Å². The van der Waals surface area contributed by atoms with Crippen molar-refractivity contribution < 1.29 is 5.11 Å². The van der Waals surface area contributed by atoms with Gasteiger partial charge in [-0.3, -0.25) is 0 Å². The van der Waals surface area contributed by atoms with Crippen LogP contribution in [0.4, 0.5) is 0 Å². The molecule has 1 heterocycles. The molecule has 2 fully saturated rings. The zero-order chi connectivity index (χ0) is 13.0. The zero-order valence-electron chi connectivity index (χ0n) is 12.3. The molecule has 18 heavy (non-hydrogen) atoms. The predicted molar refractivity (Wildman–Crippen MR) is 76.6 cm³/mol. The maximum Gasteiger partial charge on any atom is 0.0580 e. The van der Waals surface area contributed by atoms with E-state index in [2.05, 4.69) is 18.7 Å². The topological polar surface area (TPSA) is 23.5 Å². The van der Waals surface area contributed by atoms with Crippen molar-refractivity contribution in [2.75, 3.05) is 19.6 Å². The van der Waals surface area contributed by atoms with E-state index < -0.39 is 0 Å². The Labute approximate surface area is 113 Å². The van der Waals surface area contributed by atoms with Crippen molar-refractivity contribution in [3.8, 4) is 0 Å². The molecule has 2 nitrogen and oxygen atoms in total. The van der Waals surface area contributed by atoms with Gasteiger partial charge in [0, 0.05) is 6.54 Å². The maximum atomic E-state index is 10.2. The summed E-state index contributed by atoms with van der Waals surface area (Å²) in [7, 11) is 0. The van der Waals surface area contributed by atoms with Crippen LogP contribution in [-0.4, -0.2) is 35.7 Å². The molecule has 2 heteroatoms. The Kier molecular flexibility index (Phi) is 5.50. The number of aliphatic hydroxyl groups excluding tert-OH is 1. The van der Waals surface area contributed by atoms with Crippen molar-refractivity contribution in [2.45, 2.75) is 64.9 Å². The van der Waals surface area contributed by atoms with Gasteiger partial charge >= 0.3 is 0 Å². The highest BCUT2D eigenvalue weighted by molar-refractivity contribution is 4.83. The second-order valence-corrected chi connectivity index (χ2v) is 6.57. The highest BCUT2D eigenvalue weighted by atomic mass is 16.3. The third kappa shape index (κ3) is 3.71. The van der Waals surface area contributed by atoms with Gasteiger partial charge in [0.1, 0.15) is 0 Å². The Hall–Kier alpha value is -0.0800. The van der Waals surface area contributed by atoms with E-state index in [0.717, 1.165) is 24.8 Å². The molecule has 1 aliphatic carbocycles. The highest BCUT2D eigenvalue weighted by Crippen LogP contribution is 2.32. The predicted octanol–water partition coefficient (Wildman–Crippen LogP) is 3.30. The fraction of sp³-hybridized carbons (Fsp3) is 1.00. The molecule has 1 saturated heterocycles. The van der Waals surface area contributed by atoms with Crippen molar-refractivity contribution in [2.24, 2.45) is 17.8 Å². The van der Waals surface area contributed by atoms with Crippen LogP contribution in [-0.2, 0) is 0 Å². The van der Waals surface area contributed by atoms with Gasteiger partial charge < -0.3 is 10.0 Å². The van der Waals surface area contributed by atoms with Crippen LogP contribution in [0.25, 0.3) is 0 Å². The number of aliphatic hydroxyl groups is 1. The lowest BCUT2D eigenvalue weighted by Gasteiger charge is -2.39. The van der Waals surface area contributed by atoms with Gasteiger partial charge in [-0.15, -0.1) is 0 Å². The third-order valence-corrected chi connectivity index (χ3v) is 5.41. The van der Waals surface area contributed by atoms with Crippen LogP contribution in [0.5, 0.6) is 0 Å².